The first-order chi connectivity index (χ1) is 17.0. The number of fused-ring (bicyclic) bond motifs is 1. The Morgan fingerprint density at radius 1 is 1.08 bits per heavy atom. The molecule has 0 radical (unpaired) electrons. The molecule has 1 saturated heterocycles. The van der Waals surface area contributed by atoms with E-state index in [4.69, 9.17) is 32.4 Å². The summed E-state index contributed by atoms with van der Waals surface area (Å²) in [5.74, 6) is 1.50. The largest absolute Gasteiger partial charge is 0.544 e. The lowest BCUT2D eigenvalue weighted by atomic mass is 9.85. The summed E-state index contributed by atoms with van der Waals surface area (Å²) in [6, 6.07) is 11.2. The second kappa shape index (κ2) is 11.2. The number of halogens is 2. The smallest absolute Gasteiger partial charge is 0.410 e. The van der Waals surface area contributed by atoms with Crippen LogP contribution in [0.1, 0.15) is 54.6 Å². The van der Waals surface area contributed by atoms with E-state index in [1.54, 1.807) is 23.1 Å². The summed E-state index contributed by atoms with van der Waals surface area (Å²) in [7, 11) is -1.84. The average molecular weight is 549 g/mol. The number of rotatable bonds is 7. The standard InChI is InChI=1S/C28H35Cl2NO4Si/c1-18(2)36(3,4)35-25-6-5-21-14-22(27(32)26(21)16-25)11-19-7-9-31(10-8-19)28(33)34-17-20-12-23(29)15-24(30)13-20/h5-6,12-13,15-16,18-19,22H,7-11,14,17H2,1-4H3. The minimum Gasteiger partial charge on any atom is -0.544 e. The summed E-state index contributed by atoms with van der Waals surface area (Å²) < 4.78 is 11.8. The third-order valence-corrected chi connectivity index (χ3v) is 11.7. The second-order valence-electron chi connectivity index (χ2n) is 10.9. The highest BCUT2D eigenvalue weighted by atomic mass is 35.5. The van der Waals surface area contributed by atoms with Gasteiger partial charge in [0.2, 0.25) is 8.32 Å². The van der Waals surface area contributed by atoms with Crippen LogP contribution in [0.3, 0.4) is 0 Å². The quantitative estimate of drug-likeness (QED) is 0.332. The number of ketones is 1. The highest BCUT2D eigenvalue weighted by Gasteiger charge is 2.35. The Morgan fingerprint density at radius 2 is 1.75 bits per heavy atom. The molecule has 2 aromatic carbocycles. The van der Waals surface area contributed by atoms with Gasteiger partial charge < -0.3 is 14.1 Å². The second-order valence-corrected chi connectivity index (χ2v) is 16.4. The Bertz CT molecular complexity index is 1110. The van der Waals surface area contributed by atoms with Gasteiger partial charge >= 0.3 is 6.09 Å². The molecule has 0 bridgehead atoms. The molecule has 0 saturated carbocycles. The van der Waals surface area contributed by atoms with Gasteiger partial charge in [0.25, 0.3) is 0 Å². The third-order valence-electron chi connectivity index (χ3n) is 7.73. The summed E-state index contributed by atoms with van der Waals surface area (Å²) >= 11 is 12.0. The summed E-state index contributed by atoms with van der Waals surface area (Å²) in [5.41, 5.74) is 3.21. The fourth-order valence-corrected chi connectivity index (χ4v) is 6.44. The zero-order chi connectivity index (χ0) is 26.0. The SMILES string of the molecule is CC(C)[Si](C)(C)Oc1ccc2c(c1)C(=O)C(CC1CCN(C(=O)OCc3cc(Cl)cc(Cl)c3)CC1)C2. The highest BCUT2D eigenvalue weighted by molar-refractivity contribution is 6.73. The van der Waals surface area contributed by atoms with Crippen molar-refractivity contribution < 1.29 is 18.8 Å². The number of carbonyl (C=O) groups excluding carboxylic acids is 2. The van der Waals surface area contributed by atoms with E-state index in [-0.39, 0.29) is 24.4 Å². The summed E-state index contributed by atoms with van der Waals surface area (Å²) in [5, 5.41) is 1.03. The van der Waals surface area contributed by atoms with Gasteiger partial charge in [0.1, 0.15) is 12.4 Å². The number of benzene rings is 2. The number of nitrogens with zero attached hydrogens (tertiary/aromatic N) is 1. The van der Waals surface area contributed by atoms with E-state index in [0.717, 1.165) is 48.1 Å². The van der Waals surface area contributed by atoms with Crippen LogP contribution in [0, 0.1) is 11.8 Å². The fraction of sp³-hybridized carbons (Fsp3) is 0.500. The molecule has 8 heteroatoms. The molecule has 0 aromatic heterocycles. The van der Waals surface area contributed by atoms with E-state index in [1.165, 1.54) is 0 Å². The van der Waals surface area contributed by atoms with Gasteiger partial charge in [-0.3, -0.25) is 4.79 Å². The molecular formula is C28H35Cl2NO4Si. The van der Waals surface area contributed by atoms with Crippen LogP contribution >= 0.6 is 23.2 Å². The summed E-state index contributed by atoms with van der Waals surface area (Å²) in [6.07, 6.45) is 3.08. The molecule has 1 heterocycles. The molecule has 0 spiro atoms. The van der Waals surface area contributed by atoms with Crippen LogP contribution in [-0.4, -0.2) is 38.2 Å². The summed E-state index contributed by atoms with van der Waals surface area (Å²) in [6.45, 7) is 10.2. The van der Waals surface area contributed by atoms with Crippen molar-refractivity contribution >= 4 is 43.4 Å². The van der Waals surface area contributed by atoms with E-state index in [2.05, 4.69) is 33.0 Å². The summed E-state index contributed by atoms with van der Waals surface area (Å²) in [4.78, 5) is 27.5. The van der Waals surface area contributed by atoms with E-state index >= 15 is 0 Å². The van der Waals surface area contributed by atoms with Crippen LogP contribution < -0.4 is 4.43 Å². The maximum Gasteiger partial charge on any atom is 0.410 e. The molecule has 4 rings (SSSR count). The van der Waals surface area contributed by atoms with E-state index < -0.39 is 8.32 Å². The van der Waals surface area contributed by atoms with Gasteiger partial charge in [0, 0.05) is 34.6 Å². The minimum atomic E-state index is -1.84. The van der Waals surface area contributed by atoms with E-state index in [0.29, 0.717) is 34.6 Å². The molecule has 1 amide bonds. The van der Waals surface area contributed by atoms with Gasteiger partial charge in [0.15, 0.2) is 5.78 Å². The number of ether oxygens (including phenoxy) is 1. The monoisotopic (exact) mass is 547 g/mol. The van der Waals surface area contributed by atoms with Crippen molar-refractivity contribution in [3.63, 3.8) is 0 Å². The number of amides is 1. The number of Topliss-reactive ketones (excluding diaryl/α,β-unsaturated/α-hetero) is 1. The molecular weight excluding hydrogens is 513 g/mol. The Balaban J connectivity index is 1.26. The molecule has 194 valence electrons. The van der Waals surface area contributed by atoms with Crippen molar-refractivity contribution in [1.29, 1.82) is 0 Å². The molecule has 5 nitrogen and oxygen atoms in total. The van der Waals surface area contributed by atoms with Crippen molar-refractivity contribution in [3.8, 4) is 5.75 Å². The Morgan fingerprint density at radius 3 is 2.39 bits per heavy atom. The first-order valence-corrected chi connectivity index (χ1v) is 16.5. The first kappa shape index (κ1) is 27.0. The normalized spacial score (nSPS) is 18.5. The van der Waals surface area contributed by atoms with Crippen LogP contribution in [-0.2, 0) is 17.8 Å². The van der Waals surface area contributed by atoms with Gasteiger partial charge in [-0.2, -0.15) is 0 Å². The lowest BCUT2D eigenvalue weighted by Gasteiger charge is -2.32. The highest BCUT2D eigenvalue weighted by Crippen LogP contribution is 2.36. The van der Waals surface area contributed by atoms with Gasteiger partial charge in [-0.05, 0) is 91.7 Å². The molecule has 1 fully saturated rings. The Labute approximate surface area is 225 Å². The van der Waals surface area contributed by atoms with Crippen LogP contribution in [0.5, 0.6) is 5.75 Å². The molecule has 0 N–H and O–H groups in total. The lowest BCUT2D eigenvalue weighted by molar-refractivity contribution is 0.0765. The van der Waals surface area contributed by atoms with E-state index in [1.807, 2.05) is 12.1 Å². The molecule has 36 heavy (non-hydrogen) atoms. The zero-order valence-corrected chi connectivity index (χ0v) is 24.0. The zero-order valence-electron chi connectivity index (χ0n) is 21.5. The molecule has 2 aromatic rings. The number of carbonyl (C=O) groups is 2. The van der Waals surface area contributed by atoms with Crippen molar-refractivity contribution in [2.75, 3.05) is 13.1 Å². The molecule has 1 atom stereocenters. The fourth-order valence-electron chi connectivity index (χ4n) is 4.90. The minimum absolute atomic E-state index is 0.0154. The molecule has 1 aliphatic heterocycles. The van der Waals surface area contributed by atoms with Gasteiger partial charge in [-0.15, -0.1) is 0 Å². The predicted octanol–water partition coefficient (Wildman–Crippen LogP) is 7.78. The topological polar surface area (TPSA) is 55.8 Å². The molecule has 1 aliphatic carbocycles. The maximum atomic E-state index is 13.2. The van der Waals surface area contributed by atoms with E-state index in [9.17, 15) is 9.59 Å². The average Bonchev–Trinajstić information content (AvgIpc) is 3.11. The van der Waals surface area contributed by atoms with Crippen LogP contribution in [0.25, 0.3) is 0 Å². The van der Waals surface area contributed by atoms with Crippen LogP contribution in [0.2, 0.25) is 28.7 Å². The predicted molar refractivity (Wildman–Crippen MR) is 147 cm³/mol. The first-order valence-electron chi connectivity index (χ1n) is 12.7. The number of piperidine rings is 1. The van der Waals surface area contributed by atoms with Crippen molar-refractivity contribution in [2.45, 2.75) is 64.8 Å². The van der Waals surface area contributed by atoms with Gasteiger partial charge in [-0.1, -0.05) is 43.1 Å². The lowest BCUT2D eigenvalue weighted by Crippen LogP contribution is -2.39. The van der Waals surface area contributed by atoms with Gasteiger partial charge in [-0.25, -0.2) is 4.79 Å². The van der Waals surface area contributed by atoms with Crippen molar-refractivity contribution in [1.82, 2.24) is 4.90 Å². The van der Waals surface area contributed by atoms with Crippen LogP contribution in [0.4, 0.5) is 4.79 Å². The molecule has 1 unspecified atom stereocenters. The molecule has 2 aliphatic rings. The maximum absolute atomic E-state index is 13.2. The Kier molecular flexibility index (Phi) is 8.37. The van der Waals surface area contributed by atoms with Crippen LogP contribution in [0.15, 0.2) is 36.4 Å². The third kappa shape index (κ3) is 6.45. The number of hydrogen-bond donors (Lipinski definition) is 0. The number of hydrogen-bond acceptors (Lipinski definition) is 4. The van der Waals surface area contributed by atoms with Gasteiger partial charge in [0.05, 0.1) is 0 Å². The Hall–Kier alpha value is -2.02. The van der Waals surface area contributed by atoms with Crippen molar-refractivity contribution in [3.05, 3.63) is 63.1 Å². The number of likely N-dealkylation sites (tertiary alicyclic amines) is 1. The van der Waals surface area contributed by atoms with Crippen molar-refractivity contribution in [2.24, 2.45) is 11.8 Å².